The Kier molecular flexibility index (Phi) is 6.28. The van der Waals surface area contributed by atoms with Crippen LogP contribution in [0.2, 0.25) is 0 Å². The smallest absolute Gasteiger partial charge is 0.341 e. The minimum atomic E-state index is -4.36. The van der Waals surface area contributed by atoms with Gasteiger partial charge in [-0.15, -0.1) is 11.3 Å². The molecule has 172 valence electrons. The van der Waals surface area contributed by atoms with E-state index in [2.05, 4.69) is 0 Å². The molecule has 2 aromatic carbocycles. The molecule has 0 aliphatic heterocycles. The lowest BCUT2D eigenvalue weighted by Crippen LogP contribution is -2.13. The Morgan fingerprint density at radius 1 is 1.09 bits per heavy atom. The number of aromatic nitrogens is 1. The average Bonchev–Trinajstić information content (AvgIpc) is 3.36. The van der Waals surface area contributed by atoms with Gasteiger partial charge in [-0.2, -0.15) is 8.42 Å². The molecule has 33 heavy (non-hydrogen) atoms. The molecule has 0 fully saturated rings. The molecule has 0 radical (unpaired) electrons. The molecule has 8 nitrogen and oxygen atoms in total. The molecule has 1 N–H and O–H groups in total. The van der Waals surface area contributed by atoms with E-state index in [4.69, 9.17) is 4.18 Å². The first-order valence-corrected chi connectivity index (χ1v) is 13.3. The summed E-state index contributed by atoms with van der Waals surface area (Å²) in [6.45, 7) is 1.14. The van der Waals surface area contributed by atoms with Crippen molar-refractivity contribution in [2.45, 2.75) is 24.1 Å². The number of thiol groups is 1. The quantitative estimate of drug-likeness (QED) is 0.277. The summed E-state index contributed by atoms with van der Waals surface area (Å²) in [5, 5.41) is 11.7. The van der Waals surface area contributed by atoms with E-state index in [1.54, 1.807) is 25.1 Å². The summed E-state index contributed by atoms with van der Waals surface area (Å²) in [5.74, 6) is -1.24. The maximum atomic E-state index is 13.4. The highest BCUT2D eigenvalue weighted by atomic mass is 32.2. The van der Waals surface area contributed by atoms with Crippen molar-refractivity contribution in [1.82, 2.24) is 4.57 Å². The highest BCUT2D eigenvalue weighted by Crippen LogP contribution is 2.39. The lowest BCUT2D eigenvalue weighted by Gasteiger charge is -2.09. The van der Waals surface area contributed by atoms with Gasteiger partial charge < -0.3 is 13.9 Å². The van der Waals surface area contributed by atoms with E-state index in [9.17, 15) is 26.7 Å². The minimum Gasteiger partial charge on any atom is -0.480 e. The van der Waals surface area contributed by atoms with Crippen LogP contribution in [0, 0.1) is 6.92 Å². The van der Waals surface area contributed by atoms with Crippen LogP contribution in [0.3, 0.4) is 0 Å². The first kappa shape index (κ1) is 23.0. The van der Waals surface area contributed by atoms with Gasteiger partial charge in [0.05, 0.1) is 11.3 Å². The number of carboxylic acids is 1. The summed E-state index contributed by atoms with van der Waals surface area (Å²) in [6, 6.07) is 14.7. The van der Waals surface area contributed by atoms with Crippen LogP contribution in [0.4, 0.5) is 0 Å². The molecule has 0 bridgehead atoms. The number of hydrogen-bond donors (Lipinski definition) is 2. The zero-order valence-electron chi connectivity index (χ0n) is 17.3. The van der Waals surface area contributed by atoms with Gasteiger partial charge in [-0.3, -0.25) is 4.79 Å². The molecule has 0 aliphatic carbocycles. The summed E-state index contributed by atoms with van der Waals surface area (Å²) in [7, 11) is -6.97. The topological polar surface area (TPSA) is 120 Å². The number of carboxylic acid groups (broad SMARTS) is 1. The van der Waals surface area contributed by atoms with Crippen molar-refractivity contribution in [3.63, 3.8) is 0 Å². The third-order valence-electron chi connectivity index (χ3n) is 5.06. The normalized spacial score (nSPS) is 11.8. The van der Waals surface area contributed by atoms with Crippen molar-refractivity contribution in [1.29, 1.82) is 0 Å². The van der Waals surface area contributed by atoms with Gasteiger partial charge in [-0.1, -0.05) is 30.3 Å². The van der Waals surface area contributed by atoms with Crippen LogP contribution in [0.5, 0.6) is 5.75 Å². The van der Waals surface area contributed by atoms with E-state index in [0.717, 1.165) is 4.88 Å². The molecule has 0 atom stereocenters. The SMILES string of the molecule is Cc1c(S(=O)(=O)Oc2ccc(C[SH](=O)=O)cc2)c2c(-c3cccs3)cccc2n1CC(=O)O. The predicted molar refractivity (Wildman–Crippen MR) is 126 cm³/mol. The van der Waals surface area contributed by atoms with Gasteiger partial charge in [0.25, 0.3) is 0 Å². The van der Waals surface area contributed by atoms with Gasteiger partial charge in [0.1, 0.15) is 27.9 Å². The van der Waals surface area contributed by atoms with Crippen LogP contribution < -0.4 is 4.18 Å². The van der Waals surface area contributed by atoms with E-state index < -0.39 is 33.3 Å². The zero-order valence-corrected chi connectivity index (χ0v) is 19.8. The fourth-order valence-corrected chi connectivity index (χ4v) is 6.39. The van der Waals surface area contributed by atoms with Gasteiger partial charge >= 0.3 is 16.1 Å². The van der Waals surface area contributed by atoms with Crippen molar-refractivity contribution >= 4 is 49.0 Å². The molecule has 0 saturated heterocycles. The Morgan fingerprint density at radius 2 is 1.82 bits per heavy atom. The number of aliphatic carboxylic acids is 1. The Hall–Kier alpha value is -3.15. The van der Waals surface area contributed by atoms with Crippen LogP contribution in [0.15, 0.2) is 64.9 Å². The molecule has 11 heteroatoms. The van der Waals surface area contributed by atoms with E-state index in [1.165, 1.54) is 40.2 Å². The monoisotopic (exact) mass is 505 g/mol. The molecule has 0 saturated carbocycles. The summed E-state index contributed by atoms with van der Waals surface area (Å²) >= 11 is 1.44. The zero-order chi connectivity index (χ0) is 23.8. The molecule has 2 aromatic heterocycles. The Labute approximate surface area is 195 Å². The van der Waals surface area contributed by atoms with Crippen LogP contribution in [0.25, 0.3) is 21.3 Å². The van der Waals surface area contributed by atoms with Crippen molar-refractivity contribution < 1.29 is 30.9 Å². The number of rotatable bonds is 8. The first-order valence-electron chi connectivity index (χ1n) is 9.70. The maximum absolute atomic E-state index is 13.4. The number of fused-ring (bicyclic) bond motifs is 1. The van der Waals surface area contributed by atoms with Crippen molar-refractivity contribution in [2.75, 3.05) is 0 Å². The largest absolute Gasteiger partial charge is 0.480 e. The minimum absolute atomic E-state index is 0.0204. The Balaban J connectivity index is 1.88. The lowest BCUT2D eigenvalue weighted by molar-refractivity contribution is -0.137. The predicted octanol–water partition coefficient (Wildman–Crippen LogP) is 3.64. The average molecular weight is 506 g/mol. The molecule has 4 rings (SSSR count). The molecular weight excluding hydrogens is 486 g/mol. The number of nitrogens with zero attached hydrogens (tertiary/aromatic N) is 1. The number of thiophene rings is 1. The Bertz CT molecular complexity index is 1510. The van der Waals surface area contributed by atoms with Gasteiger partial charge in [0.15, 0.2) is 0 Å². The first-order chi connectivity index (χ1) is 15.7. The summed E-state index contributed by atoms with van der Waals surface area (Å²) in [6.07, 6.45) is 0. The molecular formula is C22H19NO7S3. The second kappa shape index (κ2) is 9.00. The van der Waals surface area contributed by atoms with Crippen LogP contribution in [-0.4, -0.2) is 32.5 Å². The van der Waals surface area contributed by atoms with Gasteiger partial charge in [0.2, 0.25) is 0 Å². The fraction of sp³-hybridized carbons (Fsp3) is 0.136. The summed E-state index contributed by atoms with van der Waals surface area (Å²) in [4.78, 5) is 12.2. The van der Waals surface area contributed by atoms with Crippen molar-refractivity contribution in [3.8, 4) is 16.2 Å². The van der Waals surface area contributed by atoms with Gasteiger partial charge in [-0.05, 0) is 42.1 Å². The van der Waals surface area contributed by atoms with Crippen LogP contribution in [0.1, 0.15) is 11.3 Å². The van der Waals surface area contributed by atoms with Gasteiger partial charge in [0, 0.05) is 21.5 Å². The fourth-order valence-electron chi connectivity index (χ4n) is 3.74. The van der Waals surface area contributed by atoms with Crippen LogP contribution >= 0.6 is 11.3 Å². The number of carbonyl (C=O) groups is 1. The molecule has 0 aliphatic rings. The third-order valence-corrected chi connectivity index (χ3v) is 8.00. The molecule has 4 aromatic rings. The van der Waals surface area contributed by atoms with E-state index in [0.29, 0.717) is 22.0 Å². The van der Waals surface area contributed by atoms with E-state index in [1.807, 2.05) is 17.5 Å². The number of hydrogen-bond acceptors (Lipinski definition) is 7. The second-order valence-electron chi connectivity index (χ2n) is 7.24. The van der Waals surface area contributed by atoms with Crippen molar-refractivity contribution in [2.24, 2.45) is 0 Å². The van der Waals surface area contributed by atoms with E-state index >= 15 is 0 Å². The molecule has 0 unspecified atom stereocenters. The van der Waals surface area contributed by atoms with Crippen LogP contribution in [-0.2, 0) is 37.9 Å². The highest BCUT2D eigenvalue weighted by molar-refractivity contribution is 7.87. The highest BCUT2D eigenvalue weighted by Gasteiger charge is 2.30. The number of benzene rings is 2. The lowest BCUT2D eigenvalue weighted by atomic mass is 10.1. The van der Waals surface area contributed by atoms with Crippen molar-refractivity contribution in [3.05, 3.63) is 71.2 Å². The van der Waals surface area contributed by atoms with E-state index in [-0.39, 0.29) is 22.1 Å². The second-order valence-corrected chi connectivity index (χ2v) is 10.7. The Morgan fingerprint density at radius 3 is 2.42 bits per heavy atom. The standard InChI is InChI=1S/C22H19NO7S3/c1-14-22(33(28,29)30-16-9-7-15(8-10-16)13-32(26)27)21-17(19-6-3-11-31-19)4-2-5-18(21)23(14)12-20(24)25/h2-11,32H,12-13H2,1H3,(H,24,25). The third kappa shape index (κ3) is 4.65. The summed E-state index contributed by atoms with van der Waals surface area (Å²) in [5.41, 5.74) is 1.88. The summed E-state index contributed by atoms with van der Waals surface area (Å²) < 4.78 is 55.5. The maximum Gasteiger partial charge on any atom is 0.341 e. The van der Waals surface area contributed by atoms with Gasteiger partial charge in [-0.25, -0.2) is 8.42 Å². The molecule has 2 heterocycles. The molecule has 0 amide bonds. The molecule has 0 spiro atoms.